The largest absolute Gasteiger partial charge is 0.508 e. The van der Waals surface area contributed by atoms with Gasteiger partial charge in [0.2, 0.25) is 0 Å². The van der Waals surface area contributed by atoms with Crippen LogP contribution in [-0.4, -0.2) is 40.8 Å². The van der Waals surface area contributed by atoms with Crippen LogP contribution in [0.15, 0.2) is 72.8 Å². The van der Waals surface area contributed by atoms with Gasteiger partial charge in [-0.3, -0.25) is 4.90 Å². The zero-order chi connectivity index (χ0) is 23.3. The topological polar surface area (TPSA) is 37.6 Å². The highest BCUT2D eigenvalue weighted by Gasteiger charge is 2.16. The van der Waals surface area contributed by atoms with E-state index in [4.69, 9.17) is 4.74 Å². The van der Waals surface area contributed by atoms with E-state index in [-0.39, 0.29) is 5.75 Å². The molecule has 4 nitrogen and oxygen atoms in total. The van der Waals surface area contributed by atoms with Gasteiger partial charge in [-0.05, 0) is 74.3 Å². The summed E-state index contributed by atoms with van der Waals surface area (Å²) in [6.45, 7) is 7.07. The molecule has 1 aromatic heterocycles. The lowest BCUT2D eigenvalue weighted by Crippen LogP contribution is -2.29. The molecule has 3 aromatic carbocycles. The van der Waals surface area contributed by atoms with Crippen molar-refractivity contribution >= 4 is 10.9 Å². The number of phenols is 1. The van der Waals surface area contributed by atoms with Crippen molar-refractivity contribution in [3.63, 3.8) is 0 Å². The molecule has 34 heavy (non-hydrogen) atoms. The maximum absolute atomic E-state index is 10.1. The summed E-state index contributed by atoms with van der Waals surface area (Å²) < 4.78 is 8.41. The smallest absolute Gasteiger partial charge is 0.119 e. The molecule has 0 spiro atoms. The highest BCUT2D eigenvalue weighted by molar-refractivity contribution is 5.91. The monoisotopic (exact) mass is 454 g/mol. The number of fused-ring (bicyclic) bond motifs is 1. The fourth-order valence-corrected chi connectivity index (χ4v) is 5.19. The van der Waals surface area contributed by atoms with E-state index in [0.717, 1.165) is 36.7 Å². The summed E-state index contributed by atoms with van der Waals surface area (Å²) in [7, 11) is 0. The zero-order valence-electron chi connectivity index (χ0n) is 20.0. The number of hydrogen-bond acceptors (Lipinski definition) is 3. The zero-order valence-corrected chi connectivity index (χ0v) is 20.0. The highest BCUT2D eigenvalue weighted by Crippen LogP contribution is 2.35. The molecule has 1 N–H and O–H groups in total. The van der Waals surface area contributed by atoms with Crippen LogP contribution in [0.4, 0.5) is 0 Å². The van der Waals surface area contributed by atoms with Gasteiger partial charge in [-0.15, -0.1) is 0 Å². The van der Waals surface area contributed by atoms with Crippen molar-refractivity contribution < 1.29 is 9.84 Å². The van der Waals surface area contributed by atoms with Gasteiger partial charge < -0.3 is 14.4 Å². The van der Waals surface area contributed by atoms with Crippen LogP contribution in [-0.2, 0) is 6.54 Å². The van der Waals surface area contributed by atoms with Crippen LogP contribution in [0.25, 0.3) is 22.2 Å². The predicted molar refractivity (Wildman–Crippen MR) is 140 cm³/mol. The van der Waals surface area contributed by atoms with E-state index < -0.39 is 0 Å². The van der Waals surface area contributed by atoms with Crippen molar-refractivity contribution in [3.05, 3.63) is 83.9 Å². The second-order valence-electron chi connectivity index (χ2n) is 9.38. The van der Waals surface area contributed by atoms with E-state index in [1.54, 1.807) is 6.07 Å². The molecule has 1 fully saturated rings. The summed E-state index contributed by atoms with van der Waals surface area (Å²) in [5.41, 5.74) is 5.84. The highest BCUT2D eigenvalue weighted by atomic mass is 16.5. The Morgan fingerprint density at radius 3 is 2.38 bits per heavy atom. The molecule has 0 amide bonds. The van der Waals surface area contributed by atoms with Crippen LogP contribution in [0.3, 0.4) is 0 Å². The number of benzene rings is 3. The molecule has 1 aliphatic rings. The average molecular weight is 455 g/mol. The van der Waals surface area contributed by atoms with Gasteiger partial charge in [-0.25, -0.2) is 0 Å². The Kier molecular flexibility index (Phi) is 6.87. The Morgan fingerprint density at radius 1 is 0.853 bits per heavy atom. The van der Waals surface area contributed by atoms with Gasteiger partial charge in [0.25, 0.3) is 0 Å². The van der Waals surface area contributed by atoms with E-state index in [9.17, 15) is 5.11 Å². The van der Waals surface area contributed by atoms with Crippen molar-refractivity contribution in [3.8, 4) is 22.8 Å². The first kappa shape index (κ1) is 22.5. The Labute approximate surface area is 202 Å². The van der Waals surface area contributed by atoms with Crippen molar-refractivity contribution in [2.75, 3.05) is 26.2 Å². The molecule has 4 heteroatoms. The van der Waals surface area contributed by atoms with E-state index in [0.29, 0.717) is 0 Å². The Balaban J connectivity index is 1.33. The van der Waals surface area contributed by atoms with E-state index in [2.05, 4.69) is 71.0 Å². The fourth-order valence-electron chi connectivity index (χ4n) is 5.19. The number of nitrogens with zero attached hydrogens (tertiary/aromatic N) is 2. The molecule has 1 aliphatic heterocycles. The van der Waals surface area contributed by atoms with Gasteiger partial charge in [0.15, 0.2) is 0 Å². The standard InChI is InChI=1S/C30H34N2O2/c1-23-28-11-4-5-12-29(28)32(30(23)25-9-8-10-26(33)21-25)22-24-13-15-27(16-14-24)34-20-19-31-17-6-2-3-7-18-31/h4-5,8-16,21,33H,2-3,6-7,17-20,22H2,1H3. The van der Waals surface area contributed by atoms with Crippen LogP contribution in [0.5, 0.6) is 11.5 Å². The van der Waals surface area contributed by atoms with E-state index in [1.165, 1.54) is 60.8 Å². The van der Waals surface area contributed by atoms with Crippen molar-refractivity contribution in [2.24, 2.45) is 0 Å². The second-order valence-corrected chi connectivity index (χ2v) is 9.38. The molecule has 4 aromatic rings. The third kappa shape index (κ3) is 4.97. The maximum Gasteiger partial charge on any atom is 0.119 e. The van der Waals surface area contributed by atoms with Gasteiger partial charge in [0.05, 0.1) is 5.69 Å². The van der Waals surface area contributed by atoms with Crippen LogP contribution in [0.2, 0.25) is 0 Å². The third-order valence-electron chi connectivity index (χ3n) is 6.98. The minimum absolute atomic E-state index is 0.287. The first-order valence-corrected chi connectivity index (χ1v) is 12.5. The molecule has 0 saturated carbocycles. The first-order valence-electron chi connectivity index (χ1n) is 12.5. The van der Waals surface area contributed by atoms with Crippen molar-refractivity contribution in [1.29, 1.82) is 0 Å². The summed E-state index contributed by atoms with van der Waals surface area (Å²) in [5.74, 6) is 1.22. The molecule has 5 rings (SSSR count). The van der Waals surface area contributed by atoms with E-state index >= 15 is 0 Å². The number of aryl methyl sites for hydroxylation is 1. The van der Waals surface area contributed by atoms with Crippen molar-refractivity contribution in [1.82, 2.24) is 9.47 Å². The Morgan fingerprint density at radius 2 is 1.62 bits per heavy atom. The number of aromatic nitrogens is 1. The molecular formula is C30H34N2O2. The number of rotatable bonds is 7. The summed E-state index contributed by atoms with van der Waals surface area (Å²) in [6.07, 6.45) is 5.35. The van der Waals surface area contributed by atoms with Crippen LogP contribution in [0.1, 0.15) is 36.8 Å². The second kappa shape index (κ2) is 10.4. The number of para-hydroxylation sites is 1. The maximum atomic E-state index is 10.1. The molecule has 0 unspecified atom stereocenters. The van der Waals surface area contributed by atoms with Gasteiger partial charge in [-0.2, -0.15) is 0 Å². The molecular weight excluding hydrogens is 420 g/mol. The summed E-state index contributed by atoms with van der Waals surface area (Å²) in [4.78, 5) is 2.53. The number of ether oxygens (including phenoxy) is 1. The molecule has 0 aliphatic carbocycles. The Bertz CT molecular complexity index is 1230. The number of phenolic OH excluding ortho intramolecular Hbond substituents is 1. The minimum atomic E-state index is 0.287. The summed E-state index contributed by atoms with van der Waals surface area (Å²) in [5, 5.41) is 11.3. The van der Waals surface area contributed by atoms with Crippen LogP contribution in [0, 0.1) is 6.92 Å². The lowest BCUT2D eigenvalue weighted by Gasteiger charge is -2.19. The minimum Gasteiger partial charge on any atom is -0.508 e. The predicted octanol–water partition coefficient (Wildman–Crippen LogP) is 6.63. The third-order valence-corrected chi connectivity index (χ3v) is 6.98. The van der Waals surface area contributed by atoms with Gasteiger partial charge >= 0.3 is 0 Å². The number of aromatic hydroxyl groups is 1. The van der Waals surface area contributed by atoms with Gasteiger partial charge in [0, 0.05) is 29.6 Å². The number of hydrogen-bond donors (Lipinski definition) is 1. The Hall–Kier alpha value is -3.24. The average Bonchev–Trinajstić information content (AvgIpc) is 2.99. The molecule has 2 heterocycles. The van der Waals surface area contributed by atoms with Gasteiger partial charge in [-0.1, -0.05) is 55.3 Å². The molecule has 0 bridgehead atoms. The molecule has 1 saturated heterocycles. The van der Waals surface area contributed by atoms with Crippen LogP contribution >= 0.6 is 0 Å². The normalized spacial score (nSPS) is 14.9. The lowest BCUT2D eigenvalue weighted by molar-refractivity contribution is 0.214. The van der Waals surface area contributed by atoms with Crippen LogP contribution < -0.4 is 4.74 Å². The van der Waals surface area contributed by atoms with E-state index in [1.807, 2.05) is 12.1 Å². The quantitative estimate of drug-likeness (QED) is 0.341. The summed E-state index contributed by atoms with van der Waals surface area (Å²) >= 11 is 0. The SMILES string of the molecule is Cc1c(-c2cccc(O)c2)n(Cc2ccc(OCCN3CCCCCC3)cc2)c2ccccc12. The lowest BCUT2D eigenvalue weighted by atomic mass is 10.1. The first-order chi connectivity index (χ1) is 16.7. The number of likely N-dealkylation sites (tertiary alicyclic amines) is 1. The molecule has 0 atom stereocenters. The van der Waals surface area contributed by atoms with Gasteiger partial charge in [0.1, 0.15) is 18.1 Å². The molecule has 176 valence electrons. The fraction of sp³-hybridized carbons (Fsp3) is 0.333. The summed E-state index contributed by atoms with van der Waals surface area (Å²) in [6, 6.07) is 24.6. The molecule has 0 radical (unpaired) electrons. The van der Waals surface area contributed by atoms with Crippen molar-refractivity contribution in [2.45, 2.75) is 39.2 Å².